The average Bonchev–Trinajstić information content (AvgIpc) is 3.55. The van der Waals surface area contributed by atoms with Crippen LogP contribution in [0, 0.1) is 5.92 Å². The summed E-state index contributed by atoms with van der Waals surface area (Å²) in [7, 11) is 0. The largest absolute Gasteiger partial charge is 0.418 e. The number of amides is 1. The first-order chi connectivity index (χ1) is 16.0. The van der Waals surface area contributed by atoms with Crippen LogP contribution in [-0.2, 0) is 17.9 Å². The highest BCUT2D eigenvalue weighted by atomic mass is 32.2. The lowest BCUT2D eigenvalue weighted by Crippen LogP contribution is -2.33. The fourth-order valence-corrected chi connectivity index (χ4v) is 5.11. The molecule has 4 rings (SSSR count). The van der Waals surface area contributed by atoms with Gasteiger partial charge in [0.1, 0.15) is 0 Å². The van der Waals surface area contributed by atoms with Gasteiger partial charge in [0.25, 0.3) is 5.89 Å². The van der Waals surface area contributed by atoms with E-state index in [0.717, 1.165) is 40.5 Å². The van der Waals surface area contributed by atoms with Crippen LogP contribution < -0.4 is 0 Å². The second kappa shape index (κ2) is 11.0. The number of imidazole rings is 1. The third kappa shape index (κ3) is 5.83. The average molecular weight is 484 g/mol. The zero-order valence-electron chi connectivity index (χ0n) is 19.2. The van der Waals surface area contributed by atoms with E-state index in [1.807, 2.05) is 35.7 Å². The zero-order valence-corrected chi connectivity index (χ0v) is 20.9. The second-order valence-electron chi connectivity index (χ2n) is 8.30. The van der Waals surface area contributed by atoms with Crippen LogP contribution in [0.3, 0.4) is 0 Å². The molecule has 0 saturated carbocycles. The van der Waals surface area contributed by atoms with Crippen LogP contribution in [0.1, 0.15) is 39.5 Å². The van der Waals surface area contributed by atoms with Crippen molar-refractivity contribution >= 4 is 40.0 Å². The third-order valence-electron chi connectivity index (χ3n) is 5.25. The van der Waals surface area contributed by atoms with Crippen LogP contribution in [-0.4, -0.2) is 42.9 Å². The van der Waals surface area contributed by atoms with E-state index in [0.29, 0.717) is 36.5 Å². The molecule has 0 aliphatic rings. The molecule has 174 valence electrons. The summed E-state index contributed by atoms with van der Waals surface area (Å²) in [5, 5.41) is 11.1. The zero-order chi connectivity index (χ0) is 23.2. The van der Waals surface area contributed by atoms with Crippen LogP contribution in [0.4, 0.5) is 0 Å². The number of carbonyl (C=O) groups excluding carboxylic acids is 1. The molecule has 0 aliphatic carbocycles. The summed E-state index contributed by atoms with van der Waals surface area (Å²) in [6, 6.07) is 12.0. The first kappa shape index (κ1) is 23.5. The lowest BCUT2D eigenvalue weighted by molar-refractivity contribution is -0.129. The number of carbonyl (C=O) groups is 1. The minimum Gasteiger partial charge on any atom is -0.418 e. The Balaban J connectivity index is 1.45. The summed E-state index contributed by atoms with van der Waals surface area (Å²) in [4.78, 5) is 20.6. The first-order valence-electron chi connectivity index (χ1n) is 11.3. The maximum atomic E-state index is 13.1. The monoisotopic (exact) mass is 483 g/mol. The molecule has 3 aromatic heterocycles. The van der Waals surface area contributed by atoms with Gasteiger partial charge in [-0.15, -0.1) is 21.5 Å². The number of hydrogen-bond donors (Lipinski definition) is 0. The number of aromatic nitrogens is 4. The van der Waals surface area contributed by atoms with Gasteiger partial charge < -0.3 is 13.9 Å². The molecule has 0 unspecified atom stereocenters. The van der Waals surface area contributed by atoms with Crippen molar-refractivity contribution in [3.63, 3.8) is 0 Å². The molecule has 1 amide bonds. The number of thiophene rings is 1. The summed E-state index contributed by atoms with van der Waals surface area (Å²) in [6.45, 7) is 8.35. The molecule has 4 aromatic rings. The highest BCUT2D eigenvalue weighted by Gasteiger charge is 2.20. The number of hydrogen-bond acceptors (Lipinski definition) is 7. The second-order valence-corrected chi connectivity index (χ2v) is 10.2. The number of aryl methyl sites for hydroxylation is 1. The Morgan fingerprint density at radius 2 is 2.06 bits per heavy atom. The smallest absolute Gasteiger partial charge is 0.257 e. The lowest BCUT2D eigenvalue weighted by atomic mass is 10.1. The Kier molecular flexibility index (Phi) is 7.82. The molecule has 1 aromatic carbocycles. The van der Waals surface area contributed by atoms with Gasteiger partial charge >= 0.3 is 0 Å². The molecular formula is C24H29N5O2S2. The van der Waals surface area contributed by atoms with E-state index in [9.17, 15) is 4.79 Å². The number of thioether (sulfide) groups is 1. The van der Waals surface area contributed by atoms with Crippen molar-refractivity contribution in [2.45, 2.75) is 51.9 Å². The van der Waals surface area contributed by atoms with E-state index in [1.165, 1.54) is 11.8 Å². The van der Waals surface area contributed by atoms with Crippen molar-refractivity contribution in [2.75, 3.05) is 12.3 Å². The Bertz CT molecular complexity index is 1180. The van der Waals surface area contributed by atoms with Crippen molar-refractivity contribution in [3.8, 4) is 10.8 Å². The van der Waals surface area contributed by atoms with Gasteiger partial charge in [0, 0.05) is 13.1 Å². The summed E-state index contributed by atoms with van der Waals surface area (Å²) in [6.07, 6.45) is 1.92. The Labute approximate surface area is 202 Å². The standard InChI is InChI=1S/C24H29N5O2S2/c1-4-12-28(15-21-26-27-23(31-21)20-10-7-14-32-20)22(30)16-33-24-25-18-8-5-6-9-19(18)29(24)13-11-17(2)3/h5-10,14,17H,4,11-13,15-16H2,1-3H3. The number of para-hydroxylation sites is 2. The van der Waals surface area contributed by atoms with E-state index >= 15 is 0 Å². The van der Waals surface area contributed by atoms with Crippen LogP contribution >= 0.6 is 23.1 Å². The van der Waals surface area contributed by atoms with Crippen molar-refractivity contribution in [1.29, 1.82) is 0 Å². The van der Waals surface area contributed by atoms with E-state index in [2.05, 4.69) is 41.6 Å². The van der Waals surface area contributed by atoms with Gasteiger partial charge in [-0.2, -0.15) is 0 Å². The van der Waals surface area contributed by atoms with Gasteiger partial charge in [-0.05, 0) is 42.3 Å². The molecule has 33 heavy (non-hydrogen) atoms. The molecule has 0 fully saturated rings. The van der Waals surface area contributed by atoms with E-state index in [-0.39, 0.29) is 5.91 Å². The molecule has 0 radical (unpaired) electrons. The van der Waals surface area contributed by atoms with Crippen LogP contribution in [0.5, 0.6) is 0 Å². The van der Waals surface area contributed by atoms with Crippen molar-refractivity contribution in [3.05, 3.63) is 47.7 Å². The van der Waals surface area contributed by atoms with E-state index in [1.54, 1.807) is 16.2 Å². The molecule has 0 atom stereocenters. The summed E-state index contributed by atoms with van der Waals surface area (Å²) in [5.41, 5.74) is 2.08. The molecule has 0 saturated heterocycles. The number of rotatable bonds is 11. The van der Waals surface area contributed by atoms with Crippen LogP contribution in [0.25, 0.3) is 21.8 Å². The topological polar surface area (TPSA) is 77.1 Å². The van der Waals surface area contributed by atoms with E-state index in [4.69, 9.17) is 9.40 Å². The van der Waals surface area contributed by atoms with Crippen molar-refractivity contribution < 1.29 is 9.21 Å². The maximum Gasteiger partial charge on any atom is 0.257 e. The minimum atomic E-state index is 0.0418. The number of fused-ring (bicyclic) bond motifs is 1. The van der Waals surface area contributed by atoms with Crippen molar-refractivity contribution in [1.82, 2.24) is 24.6 Å². The van der Waals surface area contributed by atoms with Gasteiger partial charge in [0.15, 0.2) is 5.16 Å². The van der Waals surface area contributed by atoms with Gasteiger partial charge in [-0.3, -0.25) is 4.79 Å². The molecular weight excluding hydrogens is 454 g/mol. The quantitative estimate of drug-likeness (QED) is 0.254. The van der Waals surface area contributed by atoms with Gasteiger partial charge in [0.05, 0.1) is 28.2 Å². The van der Waals surface area contributed by atoms with Crippen LogP contribution in [0.15, 0.2) is 51.4 Å². The summed E-state index contributed by atoms with van der Waals surface area (Å²) in [5.74, 6) is 1.91. The van der Waals surface area contributed by atoms with E-state index < -0.39 is 0 Å². The van der Waals surface area contributed by atoms with Gasteiger partial charge in [0.2, 0.25) is 11.8 Å². The lowest BCUT2D eigenvalue weighted by Gasteiger charge is -2.20. The summed E-state index contributed by atoms with van der Waals surface area (Å²) >= 11 is 3.05. The Hall–Kier alpha value is -2.65. The predicted molar refractivity (Wildman–Crippen MR) is 133 cm³/mol. The Morgan fingerprint density at radius 3 is 2.82 bits per heavy atom. The predicted octanol–water partition coefficient (Wildman–Crippen LogP) is 5.72. The SMILES string of the molecule is CCCN(Cc1nnc(-c2cccs2)o1)C(=O)CSc1nc2ccccc2n1CCC(C)C. The molecule has 0 N–H and O–H groups in total. The van der Waals surface area contributed by atoms with Crippen molar-refractivity contribution in [2.24, 2.45) is 5.92 Å². The molecule has 7 nitrogen and oxygen atoms in total. The Morgan fingerprint density at radius 1 is 1.21 bits per heavy atom. The number of benzene rings is 1. The molecule has 0 bridgehead atoms. The maximum absolute atomic E-state index is 13.1. The highest BCUT2D eigenvalue weighted by Crippen LogP contribution is 2.26. The molecule has 9 heteroatoms. The van der Waals surface area contributed by atoms with Gasteiger partial charge in [-0.25, -0.2) is 4.98 Å². The minimum absolute atomic E-state index is 0.0418. The fraction of sp³-hybridized carbons (Fsp3) is 0.417. The van der Waals surface area contributed by atoms with Crippen LogP contribution in [0.2, 0.25) is 0 Å². The molecule has 0 spiro atoms. The molecule has 0 aliphatic heterocycles. The normalized spacial score (nSPS) is 11.5. The fourth-order valence-electron chi connectivity index (χ4n) is 3.53. The number of nitrogens with zero attached hydrogens (tertiary/aromatic N) is 5. The van der Waals surface area contributed by atoms with Gasteiger partial charge in [-0.1, -0.05) is 50.7 Å². The molecule has 3 heterocycles. The highest BCUT2D eigenvalue weighted by molar-refractivity contribution is 7.99. The summed E-state index contributed by atoms with van der Waals surface area (Å²) < 4.78 is 8.04. The first-order valence-corrected chi connectivity index (χ1v) is 13.1. The third-order valence-corrected chi connectivity index (χ3v) is 7.06.